The molecule has 2 aromatic carbocycles. The summed E-state index contributed by atoms with van der Waals surface area (Å²) in [5, 5.41) is 3.38. The van der Waals surface area contributed by atoms with Crippen LogP contribution in [-0.2, 0) is 0 Å². The Labute approximate surface area is 109 Å². The monoisotopic (exact) mass is 235 g/mol. The second-order valence-electron chi connectivity index (χ2n) is 4.29. The van der Waals surface area contributed by atoms with Gasteiger partial charge in [-0.1, -0.05) is 48.2 Å². The van der Waals surface area contributed by atoms with E-state index in [0.29, 0.717) is 6.54 Å². The number of para-hydroxylation sites is 1. The number of hydrogen-bond acceptors (Lipinski definition) is 1. The van der Waals surface area contributed by atoms with E-state index in [9.17, 15) is 0 Å². The van der Waals surface area contributed by atoms with E-state index >= 15 is 0 Å². The van der Waals surface area contributed by atoms with Gasteiger partial charge in [0, 0.05) is 11.3 Å². The molecule has 0 amide bonds. The van der Waals surface area contributed by atoms with Crippen LogP contribution < -0.4 is 5.32 Å². The summed E-state index contributed by atoms with van der Waals surface area (Å²) in [5.74, 6) is 6.28. The minimum absolute atomic E-state index is 0.667. The summed E-state index contributed by atoms with van der Waals surface area (Å²) in [6.07, 6.45) is 0. The summed E-state index contributed by atoms with van der Waals surface area (Å²) >= 11 is 0. The second-order valence-corrected chi connectivity index (χ2v) is 4.29. The van der Waals surface area contributed by atoms with Gasteiger partial charge in [-0.25, -0.2) is 0 Å². The molecule has 0 fully saturated rings. The van der Waals surface area contributed by atoms with Gasteiger partial charge in [-0.3, -0.25) is 0 Å². The van der Waals surface area contributed by atoms with Gasteiger partial charge in [0.05, 0.1) is 6.54 Å². The molecule has 0 unspecified atom stereocenters. The van der Waals surface area contributed by atoms with Crippen molar-refractivity contribution in [1.82, 2.24) is 0 Å². The Bertz CT molecular complexity index is 553. The predicted molar refractivity (Wildman–Crippen MR) is 77.7 cm³/mol. The summed E-state index contributed by atoms with van der Waals surface area (Å²) < 4.78 is 0. The summed E-state index contributed by atoms with van der Waals surface area (Å²) in [6, 6.07) is 16.3. The van der Waals surface area contributed by atoms with Gasteiger partial charge in [-0.15, -0.1) is 0 Å². The number of benzene rings is 2. The van der Waals surface area contributed by atoms with E-state index < -0.39 is 0 Å². The summed E-state index contributed by atoms with van der Waals surface area (Å²) in [5.41, 5.74) is 4.77. The van der Waals surface area contributed by atoms with E-state index in [1.165, 1.54) is 16.8 Å². The lowest BCUT2D eigenvalue weighted by Crippen LogP contribution is -2.02. The molecular formula is C17H17N. The topological polar surface area (TPSA) is 12.0 Å². The van der Waals surface area contributed by atoms with Crippen LogP contribution in [-0.4, -0.2) is 6.54 Å². The lowest BCUT2D eigenvalue weighted by atomic mass is 10.1. The molecule has 0 aliphatic carbocycles. The summed E-state index contributed by atoms with van der Waals surface area (Å²) in [4.78, 5) is 0. The molecule has 0 atom stereocenters. The van der Waals surface area contributed by atoms with E-state index in [-0.39, 0.29) is 0 Å². The fourth-order valence-corrected chi connectivity index (χ4v) is 1.89. The standard InChI is InChI=1S/C17H17N/c1-14-8-6-9-15(2)17(14)18-13-7-12-16-10-4-3-5-11-16/h3-6,8-11,18H,13H2,1-2H3. The fraction of sp³-hybridized carbons (Fsp3) is 0.176. The second kappa shape index (κ2) is 5.93. The van der Waals surface area contributed by atoms with Crippen LogP contribution in [0.5, 0.6) is 0 Å². The van der Waals surface area contributed by atoms with Gasteiger partial charge >= 0.3 is 0 Å². The highest BCUT2D eigenvalue weighted by atomic mass is 14.9. The van der Waals surface area contributed by atoms with Crippen LogP contribution in [0.3, 0.4) is 0 Å². The normalized spacial score (nSPS) is 9.44. The molecule has 1 nitrogen and oxygen atoms in total. The Balaban J connectivity index is 1.99. The van der Waals surface area contributed by atoms with Crippen LogP contribution in [0.1, 0.15) is 16.7 Å². The first-order valence-electron chi connectivity index (χ1n) is 6.11. The molecule has 0 aliphatic rings. The highest BCUT2D eigenvalue weighted by Gasteiger charge is 1.98. The van der Waals surface area contributed by atoms with Gasteiger partial charge in [-0.05, 0) is 37.1 Å². The third-order valence-electron chi connectivity index (χ3n) is 2.84. The molecule has 0 aromatic heterocycles. The van der Waals surface area contributed by atoms with Crippen molar-refractivity contribution in [2.24, 2.45) is 0 Å². The van der Waals surface area contributed by atoms with E-state index in [1.54, 1.807) is 0 Å². The van der Waals surface area contributed by atoms with E-state index in [1.807, 2.05) is 30.3 Å². The van der Waals surface area contributed by atoms with Crippen molar-refractivity contribution in [1.29, 1.82) is 0 Å². The average Bonchev–Trinajstić information content (AvgIpc) is 2.38. The molecule has 18 heavy (non-hydrogen) atoms. The molecule has 0 spiro atoms. The third kappa shape index (κ3) is 3.15. The maximum absolute atomic E-state index is 3.38. The maximum atomic E-state index is 3.38. The van der Waals surface area contributed by atoms with Crippen molar-refractivity contribution in [3.63, 3.8) is 0 Å². The number of nitrogens with one attached hydrogen (secondary N) is 1. The van der Waals surface area contributed by atoms with Crippen molar-refractivity contribution in [2.75, 3.05) is 11.9 Å². The van der Waals surface area contributed by atoms with Crippen LogP contribution in [0, 0.1) is 25.7 Å². The molecule has 0 radical (unpaired) electrons. The van der Waals surface area contributed by atoms with Gasteiger partial charge in [0.15, 0.2) is 0 Å². The van der Waals surface area contributed by atoms with E-state index in [2.05, 4.69) is 49.2 Å². The fourth-order valence-electron chi connectivity index (χ4n) is 1.89. The van der Waals surface area contributed by atoms with Gasteiger partial charge in [-0.2, -0.15) is 0 Å². The molecule has 0 bridgehead atoms. The zero-order chi connectivity index (χ0) is 12.8. The Morgan fingerprint density at radius 2 is 1.56 bits per heavy atom. The smallest absolute Gasteiger partial charge is 0.0769 e. The number of anilines is 1. The molecule has 2 aromatic rings. The minimum Gasteiger partial charge on any atom is -0.374 e. The lowest BCUT2D eigenvalue weighted by Gasteiger charge is -2.09. The molecule has 90 valence electrons. The first kappa shape index (κ1) is 12.3. The minimum atomic E-state index is 0.667. The molecule has 2 rings (SSSR count). The average molecular weight is 235 g/mol. The highest BCUT2D eigenvalue weighted by Crippen LogP contribution is 2.18. The Kier molecular flexibility index (Phi) is 4.04. The number of hydrogen-bond donors (Lipinski definition) is 1. The third-order valence-corrected chi connectivity index (χ3v) is 2.84. The molecule has 0 aliphatic heterocycles. The zero-order valence-electron chi connectivity index (χ0n) is 10.8. The van der Waals surface area contributed by atoms with Gasteiger partial charge < -0.3 is 5.32 Å². The van der Waals surface area contributed by atoms with Crippen LogP contribution in [0.25, 0.3) is 0 Å². The Hall–Kier alpha value is -2.20. The van der Waals surface area contributed by atoms with Crippen LogP contribution in [0.15, 0.2) is 48.5 Å². The lowest BCUT2D eigenvalue weighted by molar-refractivity contribution is 1.29. The highest BCUT2D eigenvalue weighted by molar-refractivity contribution is 5.57. The predicted octanol–water partition coefficient (Wildman–Crippen LogP) is 3.77. The first-order chi connectivity index (χ1) is 8.77. The first-order valence-corrected chi connectivity index (χ1v) is 6.11. The van der Waals surface area contributed by atoms with Gasteiger partial charge in [0.25, 0.3) is 0 Å². The molecule has 1 heteroatoms. The van der Waals surface area contributed by atoms with Crippen LogP contribution >= 0.6 is 0 Å². The van der Waals surface area contributed by atoms with Crippen molar-refractivity contribution < 1.29 is 0 Å². The maximum Gasteiger partial charge on any atom is 0.0769 e. The largest absolute Gasteiger partial charge is 0.374 e. The molecule has 0 saturated heterocycles. The van der Waals surface area contributed by atoms with E-state index in [4.69, 9.17) is 0 Å². The van der Waals surface area contributed by atoms with Crippen molar-refractivity contribution >= 4 is 5.69 Å². The molecule has 0 saturated carbocycles. The molecular weight excluding hydrogens is 218 g/mol. The van der Waals surface area contributed by atoms with Crippen molar-refractivity contribution in [3.05, 3.63) is 65.2 Å². The van der Waals surface area contributed by atoms with Crippen LogP contribution in [0.4, 0.5) is 5.69 Å². The molecule has 1 N–H and O–H groups in total. The van der Waals surface area contributed by atoms with Gasteiger partial charge in [0.1, 0.15) is 0 Å². The van der Waals surface area contributed by atoms with Gasteiger partial charge in [0.2, 0.25) is 0 Å². The Morgan fingerprint density at radius 3 is 2.22 bits per heavy atom. The van der Waals surface area contributed by atoms with Crippen molar-refractivity contribution in [3.8, 4) is 11.8 Å². The SMILES string of the molecule is Cc1cccc(C)c1NCC#Cc1ccccc1. The van der Waals surface area contributed by atoms with Crippen LogP contribution in [0.2, 0.25) is 0 Å². The Morgan fingerprint density at radius 1 is 0.889 bits per heavy atom. The summed E-state index contributed by atoms with van der Waals surface area (Å²) in [6.45, 7) is 4.89. The van der Waals surface area contributed by atoms with Crippen molar-refractivity contribution in [2.45, 2.75) is 13.8 Å². The number of rotatable bonds is 2. The number of aryl methyl sites for hydroxylation is 2. The quantitative estimate of drug-likeness (QED) is 0.781. The summed E-state index contributed by atoms with van der Waals surface area (Å²) in [7, 11) is 0. The zero-order valence-corrected chi connectivity index (χ0v) is 10.8. The van der Waals surface area contributed by atoms with E-state index in [0.717, 1.165) is 5.56 Å². The molecule has 0 heterocycles.